The Labute approximate surface area is 255 Å². The molecule has 1 unspecified atom stereocenters. The van der Waals surface area contributed by atoms with Gasteiger partial charge < -0.3 is 8.83 Å². The van der Waals surface area contributed by atoms with Crippen LogP contribution >= 0.6 is 0 Å². The second-order valence-electron chi connectivity index (χ2n) is 11.6. The van der Waals surface area contributed by atoms with E-state index in [4.69, 9.17) is 8.83 Å². The monoisotopic (exact) mass is 564 g/mol. The zero-order valence-electron chi connectivity index (χ0n) is 24.0. The number of furan rings is 2. The molecule has 1 aliphatic rings. The van der Waals surface area contributed by atoms with Crippen LogP contribution in [0.4, 0.5) is 0 Å². The van der Waals surface area contributed by atoms with Gasteiger partial charge in [0.1, 0.15) is 11.2 Å². The molecule has 0 radical (unpaired) electrons. The van der Waals surface area contributed by atoms with E-state index in [9.17, 15) is 0 Å². The van der Waals surface area contributed by atoms with Crippen molar-refractivity contribution in [1.29, 1.82) is 0 Å². The molecule has 0 fully saturated rings. The third kappa shape index (κ3) is 3.95. The summed E-state index contributed by atoms with van der Waals surface area (Å²) in [6.07, 6.45) is 7.64. The van der Waals surface area contributed by atoms with Gasteiger partial charge in [-0.2, -0.15) is 0 Å². The first-order valence-electron chi connectivity index (χ1n) is 15.2. The Morgan fingerprint density at radius 2 is 1.02 bits per heavy atom. The number of rotatable bonds is 4. The number of allylic oxidation sites excluding steroid dienone is 4. The summed E-state index contributed by atoms with van der Waals surface area (Å²) in [6.45, 7) is 0. The van der Waals surface area contributed by atoms with Crippen molar-refractivity contribution in [2.75, 3.05) is 0 Å². The summed E-state index contributed by atoms with van der Waals surface area (Å²) < 4.78 is 13.6. The second-order valence-corrected chi connectivity index (χ2v) is 11.6. The Balaban J connectivity index is 1.19. The maximum Gasteiger partial charge on any atom is 0.178 e. The third-order valence-corrected chi connectivity index (χ3v) is 9.07. The van der Waals surface area contributed by atoms with E-state index in [-0.39, 0.29) is 0 Å². The standard InChI is InChI=1S/C42H28O2/c1-3-11-27(12-4-1)29-15-7-17-31(25-29)33-19-9-21-35-37-23-24-38-36-22-10-20-34(40(36)44-42(38)41(37)43-39(33)35)32-18-8-16-30(26-32)28-13-5-2-6-14-28/h1-25,30H,26H2. The molecule has 1 aliphatic carbocycles. The molecular weight excluding hydrogens is 536 g/mol. The van der Waals surface area contributed by atoms with E-state index < -0.39 is 0 Å². The molecule has 2 heterocycles. The molecule has 2 heteroatoms. The fourth-order valence-corrected chi connectivity index (χ4v) is 6.90. The minimum Gasteiger partial charge on any atom is -0.451 e. The molecule has 1 atom stereocenters. The van der Waals surface area contributed by atoms with Gasteiger partial charge in [0, 0.05) is 38.6 Å². The molecule has 0 amide bonds. The zero-order valence-corrected chi connectivity index (χ0v) is 24.0. The van der Waals surface area contributed by atoms with Gasteiger partial charge in [0.15, 0.2) is 11.2 Å². The fraction of sp³-hybridized carbons (Fsp3) is 0.0476. The van der Waals surface area contributed by atoms with Crippen molar-refractivity contribution < 1.29 is 8.83 Å². The lowest BCUT2D eigenvalue weighted by molar-refractivity contribution is 0.633. The molecule has 0 N–H and O–H groups in total. The van der Waals surface area contributed by atoms with Crippen molar-refractivity contribution in [1.82, 2.24) is 0 Å². The molecule has 44 heavy (non-hydrogen) atoms. The van der Waals surface area contributed by atoms with Crippen LogP contribution in [0.1, 0.15) is 23.5 Å². The number of para-hydroxylation sites is 2. The molecule has 6 aromatic carbocycles. The maximum atomic E-state index is 6.78. The summed E-state index contributed by atoms with van der Waals surface area (Å²) in [5.41, 5.74) is 11.7. The highest BCUT2D eigenvalue weighted by Gasteiger charge is 2.22. The Morgan fingerprint density at radius 3 is 1.75 bits per heavy atom. The first-order chi connectivity index (χ1) is 21.8. The van der Waals surface area contributed by atoms with Crippen LogP contribution in [0.3, 0.4) is 0 Å². The highest BCUT2D eigenvalue weighted by atomic mass is 16.4. The quantitative estimate of drug-likeness (QED) is 0.212. The number of hydrogen-bond donors (Lipinski definition) is 0. The molecule has 208 valence electrons. The number of fused-ring (bicyclic) bond motifs is 7. The van der Waals surface area contributed by atoms with Crippen LogP contribution in [0, 0.1) is 0 Å². The Kier molecular flexibility index (Phi) is 5.67. The van der Waals surface area contributed by atoms with E-state index in [1.807, 2.05) is 0 Å². The molecule has 0 spiro atoms. The summed E-state index contributed by atoms with van der Waals surface area (Å²) in [7, 11) is 0. The van der Waals surface area contributed by atoms with Gasteiger partial charge in [-0.25, -0.2) is 0 Å². The van der Waals surface area contributed by atoms with E-state index in [0.717, 1.165) is 67.0 Å². The van der Waals surface area contributed by atoms with E-state index in [1.165, 1.54) is 22.3 Å². The van der Waals surface area contributed by atoms with E-state index in [0.29, 0.717) is 5.92 Å². The van der Waals surface area contributed by atoms with Crippen LogP contribution in [0.25, 0.3) is 71.7 Å². The van der Waals surface area contributed by atoms with Gasteiger partial charge in [0.05, 0.1) is 0 Å². The molecule has 0 aliphatic heterocycles. The average molecular weight is 565 g/mol. The topological polar surface area (TPSA) is 26.3 Å². The lowest BCUT2D eigenvalue weighted by atomic mass is 9.85. The van der Waals surface area contributed by atoms with E-state index in [2.05, 4.69) is 152 Å². The fourth-order valence-electron chi connectivity index (χ4n) is 6.90. The van der Waals surface area contributed by atoms with Gasteiger partial charge >= 0.3 is 0 Å². The van der Waals surface area contributed by atoms with Crippen LogP contribution < -0.4 is 0 Å². The number of benzene rings is 6. The lowest BCUT2D eigenvalue weighted by Crippen LogP contribution is -2.00. The first-order valence-corrected chi connectivity index (χ1v) is 15.2. The van der Waals surface area contributed by atoms with Crippen LogP contribution in [-0.2, 0) is 0 Å². The minimum atomic E-state index is 0.344. The largest absolute Gasteiger partial charge is 0.451 e. The third-order valence-electron chi connectivity index (χ3n) is 9.07. The predicted octanol–water partition coefficient (Wildman–Crippen LogP) is 11.9. The SMILES string of the molecule is C1=CC(c2ccccc2)CC(c2cccc3c2oc2c3ccc3c4cccc(-c5cccc(-c6ccccc6)c5)c4oc32)=C1. The van der Waals surface area contributed by atoms with Gasteiger partial charge in [0.2, 0.25) is 0 Å². The van der Waals surface area contributed by atoms with E-state index >= 15 is 0 Å². The van der Waals surface area contributed by atoms with Crippen LogP contribution in [-0.4, -0.2) is 0 Å². The molecular formula is C42H28O2. The van der Waals surface area contributed by atoms with Gasteiger partial charge in [-0.05, 0) is 52.4 Å². The summed E-state index contributed by atoms with van der Waals surface area (Å²) in [5, 5.41) is 4.35. The zero-order chi connectivity index (χ0) is 29.0. The van der Waals surface area contributed by atoms with Crippen LogP contribution in [0.2, 0.25) is 0 Å². The molecule has 0 saturated carbocycles. The van der Waals surface area contributed by atoms with Crippen LogP contribution in [0.15, 0.2) is 161 Å². The molecule has 2 nitrogen and oxygen atoms in total. The Morgan fingerprint density at radius 1 is 0.455 bits per heavy atom. The summed E-state index contributed by atoms with van der Waals surface area (Å²) in [5.74, 6) is 0.344. The van der Waals surface area contributed by atoms with E-state index in [1.54, 1.807) is 0 Å². The summed E-state index contributed by atoms with van der Waals surface area (Å²) >= 11 is 0. The maximum absolute atomic E-state index is 6.78. The van der Waals surface area contributed by atoms with Crippen molar-refractivity contribution in [3.63, 3.8) is 0 Å². The highest BCUT2D eigenvalue weighted by molar-refractivity contribution is 6.21. The second kappa shape index (κ2) is 10.00. The van der Waals surface area contributed by atoms with Crippen molar-refractivity contribution >= 4 is 49.5 Å². The molecule has 9 rings (SSSR count). The summed E-state index contributed by atoms with van der Waals surface area (Å²) in [4.78, 5) is 0. The molecule has 0 saturated heterocycles. The first kappa shape index (κ1) is 24.9. The summed E-state index contributed by atoms with van der Waals surface area (Å²) in [6, 6.07) is 47.2. The lowest BCUT2D eigenvalue weighted by Gasteiger charge is -2.19. The minimum absolute atomic E-state index is 0.344. The van der Waals surface area contributed by atoms with Gasteiger partial charge in [0.25, 0.3) is 0 Å². The van der Waals surface area contributed by atoms with Crippen molar-refractivity contribution in [3.8, 4) is 22.3 Å². The molecule has 0 bridgehead atoms. The average Bonchev–Trinajstić information content (AvgIpc) is 3.68. The van der Waals surface area contributed by atoms with Crippen LogP contribution in [0.5, 0.6) is 0 Å². The Hall–Kier alpha value is -5.60. The van der Waals surface area contributed by atoms with Gasteiger partial charge in [-0.3, -0.25) is 0 Å². The smallest absolute Gasteiger partial charge is 0.178 e. The van der Waals surface area contributed by atoms with Crippen molar-refractivity contribution in [2.45, 2.75) is 12.3 Å². The predicted molar refractivity (Wildman–Crippen MR) is 183 cm³/mol. The highest BCUT2D eigenvalue weighted by Crippen LogP contribution is 2.44. The normalized spacial score (nSPS) is 15.0. The number of hydrogen-bond acceptors (Lipinski definition) is 2. The molecule has 2 aromatic heterocycles. The van der Waals surface area contributed by atoms with Gasteiger partial charge in [-0.15, -0.1) is 0 Å². The van der Waals surface area contributed by atoms with Crippen molar-refractivity contribution in [3.05, 3.63) is 163 Å². The van der Waals surface area contributed by atoms with Gasteiger partial charge in [-0.1, -0.05) is 133 Å². The Bertz CT molecular complexity index is 2400. The molecule has 8 aromatic rings. The van der Waals surface area contributed by atoms with Crippen molar-refractivity contribution in [2.24, 2.45) is 0 Å².